The van der Waals surface area contributed by atoms with Crippen LogP contribution in [-0.4, -0.2) is 0 Å². The van der Waals surface area contributed by atoms with Gasteiger partial charge in [-0.15, -0.1) is 0 Å². The minimum atomic E-state index is -0.351. The highest BCUT2D eigenvalue weighted by Gasteiger charge is 2.06. The van der Waals surface area contributed by atoms with Gasteiger partial charge in [0.25, 0.3) is 0 Å². The van der Waals surface area contributed by atoms with Crippen molar-refractivity contribution in [1.82, 2.24) is 0 Å². The molecule has 0 aliphatic rings. The quantitative estimate of drug-likeness (QED) is 0.605. The molecule has 0 N–H and O–H groups in total. The van der Waals surface area contributed by atoms with Gasteiger partial charge in [-0.25, -0.2) is 4.79 Å². The minimum absolute atomic E-state index is 0.347. The molecular formula is C18H14Cl2O3. The first-order valence-electron chi connectivity index (χ1n) is 7.20. The second kappa shape index (κ2) is 6.65. The van der Waals surface area contributed by atoms with Gasteiger partial charge in [0.05, 0.1) is 10.0 Å². The first-order valence-corrected chi connectivity index (χ1v) is 7.96. The predicted octanol–water partition coefficient (Wildman–Crippen LogP) is 5.24. The normalized spacial score (nSPS) is 10.9. The predicted molar refractivity (Wildman–Crippen MR) is 92.7 cm³/mol. The van der Waals surface area contributed by atoms with E-state index in [9.17, 15) is 4.79 Å². The Balaban J connectivity index is 1.86. The lowest BCUT2D eigenvalue weighted by molar-refractivity contribution is 0.306. The summed E-state index contributed by atoms with van der Waals surface area (Å²) in [5.74, 6) is 0.625. The average Bonchev–Trinajstić information content (AvgIpc) is 2.54. The molecule has 0 spiro atoms. The SMILES string of the molecule is CCc1cc(=O)oc2cc(OCc3ccc(Cl)c(Cl)c3)ccc12. The number of hydrogen-bond donors (Lipinski definition) is 0. The van der Waals surface area contributed by atoms with Crippen molar-refractivity contribution in [3.63, 3.8) is 0 Å². The number of hydrogen-bond acceptors (Lipinski definition) is 3. The lowest BCUT2D eigenvalue weighted by Gasteiger charge is -2.09. The van der Waals surface area contributed by atoms with Gasteiger partial charge >= 0.3 is 5.63 Å². The van der Waals surface area contributed by atoms with Crippen LogP contribution in [0.5, 0.6) is 5.75 Å². The average molecular weight is 349 g/mol. The molecule has 3 rings (SSSR count). The third kappa shape index (κ3) is 3.52. The fourth-order valence-corrected chi connectivity index (χ4v) is 2.71. The van der Waals surface area contributed by atoms with Crippen molar-refractivity contribution in [3.8, 4) is 5.75 Å². The first-order chi connectivity index (χ1) is 11.1. The summed E-state index contributed by atoms with van der Waals surface area (Å²) < 4.78 is 11.0. The standard InChI is InChI=1S/C18H14Cl2O3/c1-2-12-8-18(21)23-17-9-13(4-5-14(12)17)22-10-11-3-6-15(19)16(20)7-11/h3-9H,2,10H2,1H3. The number of fused-ring (bicyclic) bond motifs is 1. The van der Waals surface area contributed by atoms with Crippen molar-refractivity contribution in [2.75, 3.05) is 0 Å². The number of rotatable bonds is 4. The summed E-state index contributed by atoms with van der Waals surface area (Å²) in [7, 11) is 0. The molecule has 5 heteroatoms. The van der Waals surface area contributed by atoms with Crippen molar-refractivity contribution in [3.05, 3.63) is 74.1 Å². The van der Waals surface area contributed by atoms with Crippen LogP contribution >= 0.6 is 23.2 Å². The fourth-order valence-electron chi connectivity index (χ4n) is 2.39. The van der Waals surface area contributed by atoms with Crippen LogP contribution in [0, 0.1) is 0 Å². The van der Waals surface area contributed by atoms with Crippen molar-refractivity contribution in [1.29, 1.82) is 0 Å². The molecule has 3 nitrogen and oxygen atoms in total. The van der Waals surface area contributed by atoms with Crippen molar-refractivity contribution in [2.24, 2.45) is 0 Å². The van der Waals surface area contributed by atoms with E-state index in [-0.39, 0.29) is 5.63 Å². The molecular weight excluding hydrogens is 335 g/mol. The summed E-state index contributed by atoms with van der Waals surface area (Å²) in [5, 5.41) is 1.92. The highest BCUT2D eigenvalue weighted by atomic mass is 35.5. The van der Waals surface area contributed by atoms with Gasteiger partial charge in [0.1, 0.15) is 17.9 Å². The maximum atomic E-state index is 11.6. The Morgan fingerprint density at radius 2 is 1.87 bits per heavy atom. The Morgan fingerprint density at radius 3 is 2.61 bits per heavy atom. The first kappa shape index (κ1) is 15.9. The van der Waals surface area contributed by atoms with E-state index >= 15 is 0 Å². The number of ether oxygens (including phenoxy) is 1. The molecule has 0 amide bonds. The molecule has 1 aromatic heterocycles. The zero-order chi connectivity index (χ0) is 16.4. The van der Waals surface area contributed by atoms with Crippen LogP contribution in [0.3, 0.4) is 0 Å². The van der Waals surface area contributed by atoms with E-state index in [0.29, 0.717) is 28.0 Å². The Morgan fingerprint density at radius 1 is 1.04 bits per heavy atom. The largest absolute Gasteiger partial charge is 0.489 e. The van der Waals surface area contributed by atoms with Gasteiger partial charge < -0.3 is 9.15 Å². The second-order valence-electron chi connectivity index (χ2n) is 5.14. The topological polar surface area (TPSA) is 39.4 Å². The Labute approximate surface area is 143 Å². The molecule has 118 valence electrons. The Kier molecular flexibility index (Phi) is 4.60. The summed E-state index contributed by atoms with van der Waals surface area (Å²) in [5.41, 5.74) is 2.05. The zero-order valence-corrected chi connectivity index (χ0v) is 13.9. The minimum Gasteiger partial charge on any atom is -0.489 e. The molecule has 3 aromatic rings. The molecule has 0 saturated carbocycles. The lowest BCUT2D eigenvalue weighted by Crippen LogP contribution is -2.00. The van der Waals surface area contributed by atoms with Crippen molar-refractivity contribution < 1.29 is 9.15 Å². The third-order valence-corrected chi connectivity index (χ3v) is 4.31. The van der Waals surface area contributed by atoms with E-state index in [1.807, 2.05) is 25.1 Å². The summed E-state index contributed by atoms with van der Waals surface area (Å²) in [4.78, 5) is 11.6. The van der Waals surface area contributed by atoms with Gasteiger partial charge in [0, 0.05) is 17.5 Å². The van der Waals surface area contributed by atoms with Gasteiger partial charge in [-0.2, -0.15) is 0 Å². The van der Waals surface area contributed by atoms with Crippen LogP contribution in [0.2, 0.25) is 10.0 Å². The van der Waals surface area contributed by atoms with E-state index in [4.69, 9.17) is 32.4 Å². The summed E-state index contributed by atoms with van der Waals surface area (Å²) >= 11 is 11.9. The van der Waals surface area contributed by atoms with Crippen LogP contribution in [0.25, 0.3) is 11.0 Å². The Bertz CT molecular complexity index is 916. The van der Waals surface area contributed by atoms with E-state index in [2.05, 4.69) is 0 Å². The highest BCUT2D eigenvalue weighted by molar-refractivity contribution is 6.42. The van der Waals surface area contributed by atoms with Crippen LogP contribution in [0.4, 0.5) is 0 Å². The summed E-state index contributed by atoms with van der Waals surface area (Å²) in [6, 6.07) is 12.4. The maximum absolute atomic E-state index is 11.6. The van der Waals surface area contributed by atoms with Gasteiger partial charge in [-0.05, 0) is 41.8 Å². The van der Waals surface area contributed by atoms with Gasteiger partial charge in [-0.1, -0.05) is 36.2 Å². The third-order valence-electron chi connectivity index (χ3n) is 3.57. The molecule has 0 aliphatic heterocycles. The molecule has 23 heavy (non-hydrogen) atoms. The molecule has 0 fully saturated rings. The monoisotopic (exact) mass is 348 g/mol. The number of halogens is 2. The molecule has 0 radical (unpaired) electrons. The van der Waals surface area contributed by atoms with E-state index in [1.54, 1.807) is 18.2 Å². The van der Waals surface area contributed by atoms with Crippen molar-refractivity contribution in [2.45, 2.75) is 20.0 Å². The molecule has 0 atom stereocenters. The molecule has 0 saturated heterocycles. The van der Waals surface area contributed by atoms with Gasteiger partial charge in [-0.3, -0.25) is 0 Å². The fraction of sp³-hybridized carbons (Fsp3) is 0.167. The summed E-state index contributed by atoms with van der Waals surface area (Å²) in [6.07, 6.45) is 0.769. The smallest absolute Gasteiger partial charge is 0.336 e. The van der Waals surface area contributed by atoms with E-state index < -0.39 is 0 Å². The molecule has 0 unspecified atom stereocenters. The number of aryl methyl sites for hydroxylation is 1. The van der Waals surface area contributed by atoms with E-state index in [1.165, 1.54) is 6.07 Å². The highest BCUT2D eigenvalue weighted by Crippen LogP contribution is 2.25. The van der Waals surface area contributed by atoms with Crippen LogP contribution in [-0.2, 0) is 13.0 Å². The van der Waals surface area contributed by atoms with Gasteiger partial charge in [0.2, 0.25) is 0 Å². The second-order valence-corrected chi connectivity index (χ2v) is 5.95. The molecule has 0 bridgehead atoms. The number of benzene rings is 2. The van der Waals surface area contributed by atoms with Gasteiger partial charge in [0.15, 0.2) is 0 Å². The van der Waals surface area contributed by atoms with E-state index in [0.717, 1.165) is 22.9 Å². The van der Waals surface area contributed by atoms with Crippen LogP contribution in [0.15, 0.2) is 51.7 Å². The molecule has 1 heterocycles. The molecule has 0 aliphatic carbocycles. The maximum Gasteiger partial charge on any atom is 0.336 e. The zero-order valence-electron chi connectivity index (χ0n) is 12.4. The molecule has 2 aromatic carbocycles. The Hall–Kier alpha value is -1.97. The van der Waals surface area contributed by atoms with Crippen LogP contribution in [0.1, 0.15) is 18.1 Å². The van der Waals surface area contributed by atoms with Crippen LogP contribution < -0.4 is 10.4 Å². The van der Waals surface area contributed by atoms with Crippen molar-refractivity contribution >= 4 is 34.2 Å². The summed E-state index contributed by atoms with van der Waals surface area (Å²) in [6.45, 7) is 2.35. The lowest BCUT2D eigenvalue weighted by atomic mass is 10.1.